The molecule has 314 valence electrons. The van der Waals surface area contributed by atoms with Crippen LogP contribution in [0.2, 0.25) is 0 Å². The Morgan fingerprint density at radius 1 is 0.566 bits per heavy atom. The third kappa shape index (κ3) is 42.0. The van der Waals surface area contributed by atoms with Crippen molar-refractivity contribution in [3.63, 3.8) is 0 Å². The van der Waals surface area contributed by atoms with Gasteiger partial charge in [0.25, 0.3) is 7.82 Å². The highest BCUT2D eigenvalue weighted by Crippen LogP contribution is 2.38. The molecule has 0 aliphatic rings. The third-order valence-corrected chi connectivity index (χ3v) is 10.4. The topological polar surface area (TPSA) is 94.1 Å². The second-order valence-electron chi connectivity index (χ2n) is 16.0. The van der Waals surface area contributed by atoms with Crippen molar-refractivity contribution in [3.8, 4) is 0 Å². The van der Waals surface area contributed by atoms with Gasteiger partial charge in [-0.05, 0) is 64.2 Å². The number of quaternary nitrogens is 1. The summed E-state index contributed by atoms with van der Waals surface area (Å²) in [5, 5.41) is 0. The minimum atomic E-state index is -4.52. The van der Waals surface area contributed by atoms with Crippen LogP contribution in [0.4, 0.5) is 0 Å². The van der Waals surface area contributed by atoms with Crippen LogP contribution in [-0.4, -0.2) is 70.7 Å². The first-order valence-electron chi connectivity index (χ1n) is 22.1. The van der Waals surface area contributed by atoms with Gasteiger partial charge in [-0.1, -0.05) is 147 Å². The van der Waals surface area contributed by atoms with E-state index in [1.807, 2.05) is 21.1 Å². The van der Waals surface area contributed by atoms with Crippen molar-refractivity contribution >= 4 is 13.8 Å². The van der Waals surface area contributed by atoms with Crippen molar-refractivity contribution in [2.45, 2.75) is 200 Å². The Hall–Kier alpha value is -1.02. The van der Waals surface area contributed by atoms with E-state index in [0.29, 0.717) is 24.1 Å². The zero-order valence-electron chi connectivity index (χ0n) is 35.5. The third-order valence-electron chi connectivity index (χ3n) is 9.48. The molecule has 0 spiro atoms. The summed E-state index contributed by atoms with van der Waals surface area (Å²) in [6.07, 6.45) is 41.8. The van der Waals surface area contributed by atoms with Crippen LogP contribution in [0.5, 0.6) is 0 Å². The summed E-state index contributed by atoms with van der Waals surface area (Å²) < 4.78 is 34.6. The van der Waals surface area contributed by atoms with E-state index in [9.17, 15) is 14.3 Å². The average molecular weight is 772 g/mol. The van der Waals surface area contributed by atoms with Crippen LogP contribution in [0.25, 0.3) is 0 Å². The zero-order chi connectivity index (χ0) is 39.1. The van der Waals surface area contributed by atoms with E-state index < -0.39 is 13.9 Å². The quantitative estimate of drug-likeness (QED) is 0.0201. The number of carbonyl (C=O) groups is 1. The summed E-state index contributed by atoms with van der Waals surface area (Å²) in [5.74, 6) is -0.340. The molecule has 0 aromatic heterocycles. The molecule has 53 heavy (non-hydrogen) atoms. The number of hydrogen-bond acceptors (Lipinski definition) is 7. The number of carbonyl (C=O) groups excluding carboxylic acids is 1. The lowest BCUT2D eigenvalue weighted by atomic mass is 10.1. The van der Waals surface area contributed by atoms with Crippen LogP contribution in [0, 0.1) is 0 Å². The number of phosphoric acid groups is 1. The molecule has 9 heteroatoms. The molecule has 0 heterocycles. The van der Waals surface area contributed by atoms with Gasteiger partial charge >= 0.3 is 5.97 Å². The van der Waals surface area contributed by atoms with E-state index in [4.69, 9.17) is 18.5 Å². The molecule has 0 bridgehead atoms. The number of ether oxygens (including phenoxy) is 2. The minimum absolute atomic E-state index is 0.0252. The summed E-state index contributed by atoms with van der Waals surface area (Å²) in [4.78, 5) is 25.0. The smallest absolute Gasteiger partial charge is 0.306 e. The van der Waals surface area contributed by atoms with E-state index in [1.165, 1.54) is 141 Å². The first kappa shape index (κ1) is 52.0. The van der Waals surface area contributed by atoms with E-state index in [-0.39, 0.29) is 25.8 Å². The molecule has 0 radical (unpaired) electrons. The minimum Gasteiger partial charge on any atom is -0.756 e. The molecule has 8 nitrogen and oxygen atoms in total. The molecule has 0 aromatic carbocycles. The Labute approximate surface area is 328 Å². The molecule has 2 atom stereocenters. The summed E-state index contributed by atoms with van der Waals surface area (Å²) in [6.45, 7) is 5.38. The number of phosphoric ester groups is 1. The average Bonchev–Trinajstić information content (AvgIpc) is 3.11. The first-order valence-corrected chi connectivity index (χ1v) is 23.5. The number of hydrogen-bond donors (Lipinski definition) is 0. The van der Waals surface area contributed by atoms with E-state index >= 15 is 0 Å². The van der Waals surface area contributed by atoms with Gasteiger partial charge in [0.15, 0.2) is 0 Å². The predicted octanol–water partition coefficient (Wildman–Crippen LogP) is 12.2. The molecule has 0 fully saturated rings. The Balaban J connectivity index is 4.22. The van der Waals surface area contributed by atoms with E-state index in [2.05, 4.69) is 38.2 Å². The first-order chi connectivity index (χ1) is 25.6. The number of likely N-dealkylation sites (N-methyl/N-ethyl adjacent to an activating group) is 1. The summed E-state index contributed by atoms with van der Waals surface area (Å²) in [5.41, 5.74) is 0. The van der Waals surface area contributed by atoms with Crippen molar-refractivity contribution in [2.24, 2.45) is 0 Å². The SMILES string of the molecule is CCCCC/C=C\CCCCCCCCOCC(COP(=O)([O-])OCC[N+](C)(C)C)OC(=O)CCCCCCCCC/C=C\CCCCCCCCC. The second-order valence-corrected chi connectivity index (χ2v) is 17.5. The Morgan fingerprint density at radius 3 is 1.47 bits per heavy atom. The molecule has 0 saturated heterocycles. The number of esters is 1. The lowest BCUT2D eigenvalue weighted by Gasteiger charge is -2.28. The molecule has 0 aromatic rings. The van der Waals surface area contributed by atoms with Crippen molar-refractivity contribution in [3.05, 3.63) is 24.3 Å². The largest absolute Gasteiger partial charge is 0.756 e. The summed E-state index contributed by atoms with van der Waals surface area (Å²) >= 11 is 0. The lowest BCUT2D eigenvalue weighted by Crippen LogP contribution is -2.37. The number of allylic oxidation sites excluding steroid dienone is 4. The van der Waals surface area contributed by atoms with Gasteiger partial charge in [0, 0.05) is 13.0 Å². The van der Waals surface area contributed by atoms with Gasteiger partial charge < -0.3 is 27.9 Å². The van der Waals surface area contributed by atoms with Gasteiger partial charge in [0.05, 0.1) is 34.4 Å². The van der Waals surface area contributed by atoms with Gasteiger partial charge in [0.1, 0.15) is 19.3 Å². The fourth-order valence-corrected chi connectivity index (χ4v) is 6.73. The maximum Gasteiger partial charge on any atom is 0.306 e. The van der Waals surface area contributed by atoms with Crippen LogP contribution >= 0.6 is 7.82 Å². The fourth-order valence-electron chi connectivity index (χ4n) is 6.01. The molecule has 0 rings (SSSR count). The maximum absolute atomic E-state index is 12.7. The van der Waals surface area contributed by atoms with Crippen molar-refractivity contribution in [1.82, 2.24) is 0 Å². The number of rotatable bonds is 41. The van der Waals surface area contributed by atoms with Crippen LogP contribution in [0.3, 0.4) is 0 Å². The van der Waals surface area contributed by atoms with Gasteiger partial charge in [-0.15, -0.1) is 0 Å². The molecule has 0 aliphatic heterocycles. The van der Waals surface area contributed by atoms with Gasteiger partial charge in [-0.2, -0.15) is 0 Å². The zero-order valence-corrected chi connectivity index (χ0v) is 36.4. The molecular weight excluding hydrogens is 685 g/mol. The van der Waals surface area contributed by atoms with Crippen LogP contribution in [0.15, 0.2) is 24.3 Å². The van der Waals surface area contributed by atoms with Crippen molar-refractivity contribution < 1.29 is 37.3 Å². The summed E-state index contributed by atoms with van der Waals surface area (Å²) in [7, 11) is 1.35. The number of unbranched alkanes of at least 4 members (excludes halogenated alkanes) is 23. The van der Waals surface area contributed by atoms with Crippen LogP contribution in [-0.2, 0) is 27.9 Å². The molecule has 2 unspecified atom stereocenters. The van der Waals surface area contributed by atoms with Crippen LogP contribution in [0.1, 0.15) is 194 Å². The summed E-state index contributed by atoms with van der Waals surface area (Å²) in [6, 6.07) is 0. The molecular formula is C44H86NO7P. The Morgan fingerprint density at radius 2 is 0.981 bits per heavy atom. The maximum atomic E-state index is 12.7. The van der Waals surface area contributed by atoms with Crippen LogP contribution < -0.4 is 4.89 Å². The van der Waals surface area contributed by atoms with Gasteiger partial charge in [-0.3, -0.25) is 9.36 Å². The predicted molar refractivity (Wildman–Crippen MR) is 222 cm³/mol. The standard InChI is InChI=1S/C44H86NO7P/c1-6-8-10-12-14-16-18-20-21-22-23-24-25-27-29-31-33-35-37-44(46)52-43(42-51-53(47,48)50-40-38-45(3,4)5)41-49-39-36-34-32-30-28-26-19-17-15-13-11-9-7-2/h15,17,21-22,43H,6-14,16,18-20,23-42H2,1-5H3/b17-15-,22-21-. The van der Waals surface area contributed by atoms with Crippen molar-refractivity contribution in [2.75, 3.05) is 54.1 Å². The number of nitrogens with zero attached hydrogens (tertiary/aromatic N) is 1. The van der Waals surface area contributed by atoms with Gasteiger partial charge in [-0.25, -0.2) is 0 Å². The second kappa shape index (κ2) is 37.9. The Kier molecular flexibility index (Phi) is 37.2. The highest BCUT2D eigenvalue weighted by molar-refractivity contribution is 7.45. The normalized spacial score (nSPS) is 14.0. The van der Waals surface area contributed by atoms with E-state index in [1.54, 1.807) is 0 Å². The molecule has 0 amide bonds. The molecule has 0 N–H and O–H groups in total. The monoisotopic (exact) mass is 772 g/mol. The lowest BCUT2D eigenvalue weighted by molar-refractivity contribution is -0.870. The van der Waals surface area contributed by atoms with Gasteiger partial charge in [0.2, 0.25) is 0 Å². The Bertz CT molecular complexity index is 905. The van der Waals surface area contributed by atoms with E-state index in [0.717, 1.165) is 32.1 Å². The molecule has 0 saturated carbocycles. The van der Waals surface area contributed by atoms with Crippen molar-refractivity contribution in [1.29, 1.82) is 0 Å². The molecule has 0 aliphatic carbocycles. The highest BCUT2D eigenvalue weighted by Gasteiger charge is 2.20. The highest BCUT2D eigenvalue weighted by atomic mass is 31.2. The fraction of sp³-hybridized carbons (Fsp3) is 0.886.